The predicted molar refractivity (Wildman–Crippen MR) is 137 cm³/mol. The van der Waals surface area contributed by atoms with Gasteiger partial charge in [-0.3, -0.25) is 9.69 Å². The summed E-state index contributed by atoms with van der Waals surface area (Å²) in [5.41, 5.74) is 0.842. The SMILES string of the molecule is O=C(CCN(CCCN1CCOCC1)c1nc(-c2ccco2)nc2ccccc12)NCc1ccco1. The minimum atomic E-state index is -0.0331. The normalized spacial score (nSPS) is 14.2. The summed E-state index contributed by atoms with van der Waals surface area (Å²) in [5.74, 6) is 2.67. The van der Waals surface area contributed by atoms with Gasteiger partial charge < -0.3 is 23.8 Å². The molecule has 0 saturated carbocycles. The molecule has 5 rings (SSSR count). The molecule has 1 fully saturated rings. The monoisotopic (exact) mass is 489 g/mol. The molecule has 1 aromatic carbocycles. The molecule has 1 saturated heterocycles. The van der Waals surface area contributed by atoms with Gasteiger partial charge in [-0.15, -0.1) is 0 Å². The van der Waals surface area contributed by atoms with E-state index < -0.39 is 0 Å². The van der Waals surface area contributed by atoms with Gasteiger partial charge in [0.15, 0.2) is 11.6 Å². The second-order valence-corrected chi connectivity index (χ2v) is 8.77. The van der Waals surface area contributed by atoms with Crippen molar-refractivity contribution < 1.29 is 18.4 Å². The van der Waals surface area contributed by atoms with Gasteiger partial charge >= 0.3 is 0 Å². The van der Waals surface area contributed by atoms with E-state index in [2.05, 4.69) is 15.1 Å². The van der Waals surface area contributed by atoms with E-state index in [0.717, 1.165) is 68.3 Å². The van der Waals surface area contributed by atoms with Gasteiger partial charge in [-0.05, 0) is 42.8 Å². The third-order valence-corrected chi connectivity index (χ3v) is 6.28. The summed E-state index contributed by atoms with van der Waals surface area (Å²) in [6, 6.07) is 15.3. The van der Waals surface area contributed by atoms with Crippen LogP contribution in [-0.2, 0) is 16.1 Å². The van der Waals surface area contributed by atoms with E-state index in [0.29, 0.717) is 31.1 Å². The lowest BCUT2D eigenvalue weighted by Gasteiger charge is -2.29. The molecule has 4 aromatic rings. The average Bonchev–Trinajstić information content (AvgIpc) is 3.64. The number of morpholine rings is 1. The maximum Gasteiger partial charge on any atom is 0.222 e. The fourth-order valence-corrected chi connectivity index (χ4v) is 4.37. The molecule has 0 radical (unpaired) electrons. The number of furan rings is 2. The summed E-state index contributed by atoms with van der Waals surface area (Å²) in [6.07, 6.45) is 4.51. The number of benzene rings is 1. The summed E-state index contributed by atoms with van der Waals surface area (Å²) in [7, 11) is 0. The first-order chi connectivity index (χ1) is 17.8. The Morgan fingerprint density at radius 2 is 1.81 bits per heavy atom. The zero-order chi connectivity index (χ0) is 24.6. The summed E-state index contributed by atoms with van der Waals surface area (Å²) >= 11 is 0. The van der Waals surface area contributed by atoms with Crippen molar-refractivity contribution in [3.63, 3.8) is 0 Å². The zero-order valence-electron chi connectivity index (χ0n) is 20.3. The van der Waals surface area contributed by atoms with Gasteiger partial charge in [0.25, 0.3) is 0 Å². The number of nitrogens with one attached hydrogen (secondary N) is 1. The molecule has 1 aliphatic rings. The second-order valence-electron chi connectivity index (χ2n) is 8.77. The Morgan fingerprint density at radius 3 is 2.61 bits per heavy atom. The molecule has 0 atom stereocenters. The number of fused-ring (bicyclic) bond motifs is 1. The van der Waals surface area contributed by atoms with Crippen molar-refractivity contribution in [3.05, 3.63) is 66.8 Å². The first kappa shape index (κ1) is 24.0. The van der Waals surface area contributed by atoms with Gasteiger partial charge in [-0.25, -0.2) is 9.97 Å². The third-order valence-electron chi connectivity index (χ3n) is 6.28. The molecule has 0 bridgehead atoms. The maximum absolute atomic E-state index is 12.7. The molecule has 3 aromatic heterocycles. The van der Waals surface area contributed by atoms with Gasteiger partial charge in [0.05, 0.1) is 37.8 Å². The molecule has 4 heterocycles. The Bertz CT molecular complexity index is 1240. The summed E-state index contributed by atoms with van der Waals surface area (Å²) in [6.45, 7) is 6.11. The highest BCUT2D eigenvalue weighted by Gasteiger charge is 2.19. The smallest absolute Gasteiger partial charge is 0.222 e. The Balaban J connectivity index is 1.35. The Kier molecular flexibility index (Phi) is 7.89. The molecule has 1 N–H and O–H groups in total. The van der Waals surface area contributed by atoms with Crippen LogP contribution in [0.1, 0.15) is 18.6 Å². The topological polar surface area (TPSA) is 96.9 Å². The number of para-hydroxylation sites is 1. The standard InChI is InChI=1S/C27H31N5O4/c33-25(28-20-21-6-3-16-35-21)10-13-32(12-5-11-31-14-18-34-19-15-31)27-22-7-1-2-8-23(22)29-26(30-27)24-9-4-17-36-24/h1-4,6-9,16-17H,5,10-15,18-20H2,(H,28,33). The van der Waals surface area contributed by atoms with E-state index in [1.807, 2.05) is 48.5 Å². The number of hydrogen-bond acceptors (Lipinski definition) is 8. The van der Waals surface area contributed by atoms with Crippen LogP contribution in [0.25, 0.3) is 22.5 Å². The Morgan fingerprint density at radius 1 is 0.972 bits per heavy atom. The number of rotatable bonds is 11. The first-order valence-electron chi connectivity index (χ1n) is 12.4. The molecule has 9 nitrogen and oxygen atoms in total. The molecule has 188 valence electrons. The molecular formula is C27H31N5O4. The van der Waals surface area contributed by atoms with Crippen LogP contribution in [0.15, 0.2) is 69.9 Å². The van der Waals surface area contributed by atoms with Crippen LogP contribution in [0.5, 0.6) is 0 Å². The van der Waals surface area contributed by atoms with Gasteiger partial charge in [-0.2, -0.15) is 0 Å². The fourth-order valence-electron chi connectivity index (χ4n) is 4.37. The number of ether oxygens (including phenoxy) is 1. The van der Waals surface area contributed by atoms with E-state index in [4.69, 9.17) is 23.5 Å². The van der Waals surface area contributed by atoms with Crippen LogP contribution in [0.2, 0.25) is 0 Å². The quantitative estimate of drug-likeness (QED) is 0.341. The van der Waals surface area contributed by atoms with Crippen molar-refractivity contribution in [1.29, 1.82) is 0 Å². The van der Waals surface area contributed by atoms with Crippen molar-refractivity contribution in [2.24, 2.45) is 0 Å². The van der Waals surface area contributed by atoms with Crippen molar-refractivity contribution in [2.45, 2.75) is 19.4 Å². The van der Waals surface area contributed by atoms with Crippen LogP contribution >= 0.6 is 0 Å². The lowest BCUT2D eigenvalue weighted by Crippen LogP contribution is -2.39. The Hall–Kier alpha value is -3.69. The molecule has 0 unspecified atom stereocenters. The lowest BCUT2D eigenvalue weighted by atomic mass is 10.2. The molecule has 1 aliphatic heterocycles. The number of anilines is 1. The van der Waals surface area contributed by atoms with Crippen LogP contribution in [-0.4, -0.2) is 66.7 Å². The second kappa shape index (κ2) is 11.8. The zero-order valence-corrected chi connectivity index (χ0v) is 20.3. The number of hydrogen-bond donors (Lipinski definition) is 1. The van der Waals surface area contributed by atoms with Crippen molar-refractivity contribution in [1.82, 2.24) is 20.2 Å². The van der Waals surface area contributed by atoms with E-state index in [1.165, 1.54) is 0 Å². The minimum Gasteiger partial charge on any atom is -0.467 e. The minimum absolute atomic E-state index is 0.0331. The molecule has 0 spiro atoms. The van der Waals surface area contributed by atoms with Gasteiger partial charge in [0, 0.05) is 44.5 Å². The number of nitrogens with zero attached hydrogens (tertiary/aromatic N) is 4. The largest absolute Gasteiger partial charge is 0.467 e. The highest BCUT2D eigenvalue weighted by molar-refractivity contribution is 5.91. The molecule has 9 heteroatoms. The van der Waals surface area contributed by atoms with E-state index >= 15 is 0 Å². The molecular weight excluding hydrogens is 458 g/mol. The predicted octanol–water partition coefficient (Wildman–Crippen LogP) is 3.72. The van der Waals surface area contributed by atoms with E-state index in [1.54, 1.807) is 12.5 Å². The first-order valence-corrected chi connectivity index (χ1v) is 12.4. The van der Waals surface area contributed by atoms with Crippen LogP contribution in [0.3, 0.4) is 0 Å². The van der Waals surface area contributed by atoms with Crippen LogP contribution < -0.4 is 10.2 Å². The third kappa shape index (κ3) is 6.10. The van der Waals surface area contributed by atoms with Crippen molar-refractivity contribution in [2.75, 3.05) is 50.8 Å². The number of aromatic nitrogens is 2. The van der Waals surface area contributed by atoms with Gasteiger partial charge in [0.1, 0.15) is 11.6 Å². The number of carbonyl (C=O) groups is 1. The highest BCUT2D eigenvalue weighted by Crippen LogP contribution is 2.28. The average molecular weight is 490 g/mol. The van der Waals surface area contributed by atoms with Gasteiger partial charge in [-0.1, -0.05) is 12.1 Å². The summed E-state index contributed by atoms with van der Waals surface area (Å²) in [4.78, 5) is 26.9. The summed E-state index contributed by atoms with van der Waals surface area (Å²) in [5, 5.41) is 3.90. The maximum atomic E-state index is 12.7. The van der Waals surface area contributed by atoms with Gasteiger partial charge in [0.2, 0.25) is 5.91 Å². The van der Waals surface area contributed by atoms with Crippen molar-refractivity contribution >= 4 is 22.6 Å². The summed E-state index contributed by atoms with van der Waals surface area (Å²) < 4.78 is 16.4. The highest BCUT2D eigenvalue weighted by atomic mass is 16.5. The van der Waals surface area contributed by atoms with E-state index in [-0.39, 0.29) is 5.91 Å². The van der Waals surface area contributed by atoms with Crippen LogP contribution in [0, 0.1) is 0 Å². The lowest BCUT2D eigenvalue weighted by molar-refractivity contribution is -0.121. The van der Waals surface area contributed by atoms with E-state index in [9.17, 15) is 4.79 Å². The fraction of sp³-hybridized carbons (Fsp3) is 0.370. The Labute approximate surface area is 210 Å². The number of carbonyl (C=O) groups excluding carboxylic acids is 1. The van der Waals surface area contributed by atoms with Crippen molar-refractivity contribution in [3.8, 4) is 11.6 Å². The molecule has 36 heavy (non-hydrogen) atoms. The molecule has 1 amide bonds. The van der Waals surface area contributed by atoms with Crippen LogP contribution in [0.4, 0.5) is 5.82 Å². The molecule has 0 aliphatic carbocycles. The number of amides is 1.